The Morgan fingerprint density at radius 1 is 0.941 bits per heavy atom. The maximum Gasteiger partial charge on any atom is 0.150 e. The zero-order chi connectivity index (χ0) is 13.1. The minimum atomic E-state index is -0.783. The molecule has 2 heterocycles. The molecule has 5 heteroatoms. The largest absolute Gasteiger partial charge is 0.279 e. The fraction of sp³-hybridized carbons (Fsp3) is 1.00. The van der Waals surface area contributed by atoms with Crippen LogP contribution in [-0.2, 0) is 29.6 Å². The zero-order valence-corrected chi connectivity index (χ0v) is 13.9. The average Bonchev–Trinajstić information content (AvgIpc) is 2.53. The molecule has 0 aliphatic carbocycles. The predicted molar refractivity (Wildman–Crippen MR) is 78.6 cm³/mol. The van der Waals surface area contributed by atoms with Crippen LogP contribution in [0.2, 0.25) is 0 Å². The molecular formula is C12H22O2S3. The van der Waals surface area contributed by atoms with Gasteiger partial charge in [-0.3, -0.25) is 8.37 Å². The van der Waals surface area contributed by atoms with Gasteiger partial charge in [0.2, 0.25) is 0 Å². The van der Waals surface area contributed by atoms with Crippen molar-refractivity contribution in [1.82, 2.24) is 0 Å². The van der Waals surface area contributed by atoms with Gasteiger partial charge in [-0.05, 0) is 10.8 Å². The lowest BCUT2D eigenvalue weighted by atomic mass is 9.59. The first kappa shape index (κ1) is 14.3. The van der Waals surface area contributed by atoms with Crippen LogP contribution in [0.5, 0.6) is 0 Å². The molecule has 2 fully saturated rings. The number of hydrogen-bond donors (Lipinski definition) is 0. The Morgan fingerprint density at radius 2 is 1.29 bits per heavy atom. The van der Waals surface area contributed by atoms with E-state index < -0.39 is 10.0 Å². The summed E-state index contributed by atoms with van der Waals surface area (Å²) in [6.45, 7) is 13.4. The van der Waals surface area contributed by atoms with E-state index in [-0.39, 0.29) is 22.0 Å². The van der Waals surface area contributed by atoms with Crippen LogP contribution in [0.1, 0.15) is 41.5 Å². The van der Waals surface area contributed by atoms with Crippen molar-refractivity contribution in [2.75, 3.05) is 11.5 Å². The van der Waals surface area contributed by atoms with Crippen LogP contribution >= 0.6 is 11.8 Å². The van der Waals surface area contributed by atoms with Crippen LogP contribution in [-0.4, -0.2) is 22.7 Å². The first-order chi connectivity index (χ1) is 7.56. The Balaban J connectivity index is 2.59. The highest BCUT2D eigenvalue weighted by atomic mass is 32.8. The lowest BCUT2D eigenvalue weighted by Gasteiger charge is -2.50. The number of rotatable bonds is 0. The highest BCUT2D eigenvalue weighted by Crippen LogP contribution is 2.62. The molecule has 0 aromatic heterocycles. The molecule has 0 bridgehead atoms. The second-order valence-electron chi connectivity index (χ2n) is 7.02. The van der Waals surface area contributed by atoms with Gasteiger partial charge < -0.3 is 0 Å². The summed E-state index contributed by atoms with van der Waals surface area (Å²) in [5, 5.41) is 0. The maximum absolute atomic E-state index is 6.17. The summed E-state index contributed by atoms with van der Waals surface area (Å²) in [5.41, 5.74) is -0.448. The van der Waals surface area contributed by atoms with Crippen molar-refractivity contribution in [3.8, 4) is 0 Å². The Labute approximate surface area is 116 Å². The smallest absolute Gasteiger partial charge is 0.150 e. The summed E-state index contributed by atoms with van der Waals surface area (Å²) in [7, 11) is -0.783. The third-order valence-electron chi connectivity index (χ3n) is 4.11. The van der Waals surface area contributed by atoms with Crippen molar-refractivity contribution in [2.24, 2.45) is 10.8 Å². The summed E-state index contributed by atoms with van der Waals surface area (Å²) in [5.74, 6) is 1.96. The van der Waals surface area contributed by atoms with Gasteiger partial charge in [0, 0.05) is 22.7 Å². The molecule has 2 aliphatic rings. The van der Waals surface area contributed by atoms with E-state index in [1.54, 1.807) is 0 Å². The van der Waals surface area contributed by atoms with E-state index in [1.807, 2.05) is 11.8 Å². The van der Waals surface area contributed by atoms with Crippen molar-refractivity contribution in [3.63, 3.8) is 0 Å². The number of hydrogen-bond acceptors (Lipinski definition) is 4. The van der Waals surface area contributed by atoms with Crippen LogP contribution in [0, 0.1) is 10.8 Å². The third kappa shape index (κ3) is 1.76. The highest BCUT2D eigenvalue weighted by Gasteiger charge is 2.72. The first-order valence-corrected chi connectivity index (χ1v) is 9.10. The summed E-state index contributed by atoms with van der Waals surface area (Å²) in [6.07, 6.45) is 0. The fourth-order valence-electron chi connectivity index (χ4n) is 2.90. The van der Waals surface area contributed by atoms with E-state index in [4.69, 9.17) is 19.6 Å². The molecule has 0 aromatic carbocycles. The van der Waals surface area contributed by atoms with Crippen molar-refractivity contribution in [1.29, 1.82) is 0 Å². The quantitative estimate of drug-likeness (QED) is 0.682. The van der Waals surface area contributed by atoms with Gasteiger partial charge in [0.1, 0.15) is 21.2 Å². The zero-order valence-electron chi connectivity index (χ0n) is 11.5. The minimum Gasteiger partial charge on any atom is -0.279 e. The monoisotopic (exact) mass is 294 g/mol. The SMILES string of the molecule is CC(C)(C)C12CSCC1(C(C)(C)C)OS(=S)O2. The van der Waals surface area contributed by atoms with Crippen LogP contribution < -0.4 is 0 Å². The summed E-state index contributed by atoms with van der Waals surface area (Å²) in [6, 6.07) is 0. The number of thioether (sulfide) groups is 1. The normalized spacial score (nSPS) is 42.8. The lowest BCUT2D eigenvalue weighted by Crippen LogP contribution is -2.64. The molecule has 0 aromatic rings. The van der Waals surface area contributed by atoms with Crippen molar-refractivity contribution < 1.29 is 8.37 Å². The standard InChI is InChI=1S/C12H22O2S3/c1-9(2,3)11-7-16-8-12(11,10(4,5)6)14-17(15)13-11/h7-8H2,1-6H3. The van der Waals surface area contributed by atoms with Crippen LogP contribution in [0.25, 0.3) is 0 Å². The molecule has 2 saturated heterocycles. The molecule has 2 nitrogen and oxygen atoms in total. The molecule has 2 rings (SSSR count). The molecule has 17 heavy (non-hydrogen) atoms. The third-order valence-corrected chi connectivity index (χ3v) is 6.58. The second kappa shape index (κ2) is 3.92. The Kier molecular flexibility index (Phi) is 3.28. The molecule has 0 spiro atoms. The molecule has 0 radical (unpaired) electrons. The summed E-state index contributed by atoms with van der Waals surface area (Å²) < 4.78 is 12.3. The van der Waals surface area contributed by atoms with E-state index in [0.717, 1.165) is 11.5 Å². The van der Waals surface area contributed by atoms with E-state index in [9.17, 15) is 0 Å². The van der Waals surface area contributed by atoms with Gasteiger partial charge in [-0.2, -0.15) is 11.8 Å². The topological polar surface area (TPSA) is 18.5 Å². The second-order valence-corrected chi connectivity index (χ2v) is 9.56. The van der Waals surface area contributed by atoms with E-state index >= 15 is 0 Å². The molecule has 0 amide bonds. The molecule has 2 unspecified atom stereocenters. The molecule has 100 valence electrons. The Bertz CT molecular complexity index is 324. The molecular weight excluding hydrogens is 272 g/mol. The first-order valence-electron chi connectivity index (χ1n) is 5.94. The van der Waals surface area contributed by atoms with Gasteiger partial charge in [0.05, 0.1) is 0 Å². The van der Waals surface area contributed by atoms with E-state index in [2.05, 4.69) is 41.5 Å². The van der Waals surface area contributed by atoms with E-state index in [1.165, 1.54) is 0 Å². The Hall–Kier alpha value is 0.840. The van der Waals surface area contributed by atoms with Gasteiger partial charge >= 0.3 is 0 Å². The van der Waals surface area contributed by atoms with Gasteiger partial charge in [-0.25, -0.2) is 0 Å². The lowest BCUT2D eigenvalue weighted by molar-refractivity contribution is -0.133. The van der Waals surface area contributed by atoms with Gasteiger partial charge in [-0.1, -0.05) is 41.5 Å². The van der Waals surface area contributed by atoms with Crippen molar-refractivity contribution in [2.45, 2.75) is 52.7 Å². The molecule has 2 aliphatic heterocycles. The number of fused-ring (bicyclic) bond motifs is 1. The summed E-state index contributed by atoms with van der Waals surface area (Å²) >= 11 is 7.24. The highest BCUT2D eigenvalue weighted by molar-refractivity contribution is 8.23. The molecule has 0 saturated carbocycles. The van der Waals surface area contributed by atoms with Crippen LogP contribution in [0.15, 0.2) is 0 Å². The minimum absolute atomic E-state index is 0.0321. The average molecular weight is 295 g/mol. The molecule has 0 N–H and O–H groups in total. The Morgan fingerprint density at radius 3 is 1.59 bits per heavy atom. The van der Waals surface area contributed by atoms with Gasteiger partial charge in [-0.15, -0.1) is 0 Å². The van der Waals surface area contributed by atoms with E-state index in [0.29, 0.717) is 0 Å². The van der Waals surface area contributed by atoms with Gasteiger partial charge in [0.15, 0.2) is 0 Å². The van der Waals surface area contributed by atoms with Crippen LogP contribution in [0.3, 0.4) is 0 Å². The predicted octanol–water partition coefficient (Wildman–Crippen LogP) is 3.26. The van der Waals surface area contributed by atoms with Crippen molar-refractivity contribution in [3.05, 3.63) is 0 Å². The van der Waals surface area contributed by atoms with Crippen molar-refractivity contribution >= 4 is 33.0 Å². The molecule has 2 atom stereocenters. The fourth-order valence-corrected chi connectivity index (χ4v) is 7.26. The van der Waals surface area contributed by atoms with Crippen LogP contribution in [0.4, 0.5) is 0 Å². The van der Waals surface area contributed by atoms with Gasteiger partial charge in [0.25, 0.3) is 0 Å². The summed E-state index contributed by atoms with van der Waals surface area (Å²) in [4.78, 5) is 0. The maximum atomic E-state index is 6.17.